The van der Waals surface area contributed by atoms with E-state index in [9.17, 15) is 4.79 Å². The molecule has 0 unspecified atom stereocenters. The minimum absolute atomic E-state index is 0.141. The molecule has 3 heterocycles. The molecule has 0 aliphatic carbocycles. The third-order valence-corrected chi connectivity index (χ3v) is 3.47. The molecule has 0 spiro atoms. The first-order chi connectivity index (χ1) is 11.3. The summed E-state index contributed by atoms with van der Waals surface area (Å²) in [5.41, 5.74) is 0.141. The Bertz CT molecular complexity index is 730. The van der Waals surface area contributed by atoms with E-state index in [1.807, 2.05) is 6.07 Å². The number of hydrogen-bond donors (Lipinski definition) is 0. The van der Waals surface area contributed by atoms with Gasteiger partial charge < -0.3 is 9.64 Å². The van der Waals surface area contributed by atoms with E-state index in [0.29, 0.717) is 13.1 Å². The van der Waals surface area contributed by atoms with Gasteiger partial charge in [-0.05, 0) is 18.9 Å². The lowest BCUT2D eigenvalue weighted by molar-refractivity contribution is 0.0515. The zero-order valence-electron chi connectivity index (χ0n) is 12.3. The molecule has 116 valence electrons. The third-order valence-electron chi connectivity index (χ3n) is 3.47. The number of amides is 1. The Kier molecular flexibility index (Phi) is 4.38. The number of piperidine rings is 1. The van der Waals surface area contributed by atoms with Crippen molar-refractivity contribution in [2.75, 3.05) is 13.1 Å². The molecule has 1 atom stereocenters. The van der Waals surface area contributed by atoms with Gasteiger partial charge in [0.15, 0.2) is 0 Å². The topological polar surface area (TPSA) is 105 Å². The SMILES string of the molecule is N#Cc1nccnc1O[C@H]1CCCN(C(=O)c2ncccn2)C1. The van der Waals surface area contributed by atoms with E-state index in [1.165, 1.54) is 24.8 Å². The van der Waals surface area contributed by atoms with Crippen LogP contribution in [0.4, 0.5) is 0 Å². The van der Waals surface area contributed by atoms with Gasteiger partial charge in [-0.2, -0.15) is 5.26 Å². The van der Waals surface area contributed by atoms with E-state index in [0.717, 1.165) is 12.8 Å². The van der Waals surface area contributed by atoms with Gasteiger partial charge in [0.2, 0.25) is 11.5 Å². The van der Waals surface area contributed by atoms with Crippen LogP contribution in [0.15, 0.2) is 30.9 Å². The number of carbonyl (C=O) groups is 1. The minimum Gasteiger partial charge on any atom is -0.470 e. The molecule has 1 fully saturated rings. The minimum atomic E-state index is -0.236. The lowest BCUT2D eigenvalue weighted by Crippen LogP contribution is -2.45. The molecule has 2 aromatic rings. The highest BCUT2D eigenvalue weighted by atomic mass is 16.5. The van der Waals surface area contributed by atoms with Crippen LogP contribution >= 0.6 is 0 Å². The van der Waals surface area contributed by atoms with Crippen molar-refractivity contribution < 1.29 is 9.53 Å². The zero-order chi connectivity index (χ0) is 16.1. The van der Waals surface area contributed by atoms with Crippen molar-refractivity contribution in [2.45, 2.75) is 18.9 Å². The van der Waals surface area contributed by atoms with Crippen LogP contribution in [0.25, 0.3) is 0 Å². The Morgan fingerprint density at radius 1 is 1.22 bits per heavy atom. The average Bonchev–Trinajstić information content (AvgIpc) is 2.62. The number of ether oxygens (including phenoxy) is 1. The van der Waals surface area contributed by atoms with Crippen LogP contribution in [0.5, 0.6) is 5.88 Å². The molecule has 0 saturated carbocycles. The molecule has 1 amide bonds. The number of hydrogen-bond acceptors (Lipinski definition) is 7. The monoisotopic (exact) mass is 310 g/mol. The Hall–Kier alpha value is -3.08. The quantitative estimate of drug-likeness (QED) is 0.826. The van der Waals surface area contributed by atoms with E-state index in [1.54, 1.807) is 11.0 Å². The van der Waals surface area contributed by atoms with Crippen molar-refractivity contribution in [1.29, 1.82) is 5.26 Å². The number of rotatable bonds is 3. The van der Waals surface area contributed by atoms with Crippen LogP contribution < -0.4 is 4.74 Å². The highest BCUT2D eigenvalue weighted by molar-refractivity contribution is 5.90. The lowest BCUT2D eigenvalue weighted by Gasteiger charge is -2.32. The second-order valence-electron chi connectivity index (χ2n) is 5.03. The van der Waals surface area contributed by atoms with Gasteiger partial charge in [0, 0.05) is 31.3 Å². The highest BCUT2D eigenvalue weighted by Crippen LogP contribution is 2.19. The van der Waals surface area contributed by atoms with Gasteiger partial charge in [0.25, 0.3) is 11.8 Å². The number of likely N-dealkylation sites (tertiary alicyclic amines) is 1. The van der Waals surface area contributed by atoms with Gasteiger partial charge in [-0.3, -0.25) is 4.79 Å². The van der Waals surface area contributed by atoms with Crippen LogP contribution in [0.1, 0.15) is 29.2 Å². The first-order valence-corrected chi connectivity index (χ1v) is 7.22. The molecule has 0 N–H and O–H groups in total. The van der Waals surface area contributed by atoms with Gasteiger partial charge >= 0.3 is 0 Å². The van der Waals surface area contributed by atoms with Gasteiger partial charge in [-0.15, -0.1) is 0 Å². The second kappa shape index (κ2) is 6.79. The molecule has 8 heteroatoms. The van der Waals surface area contributed by atoms with Crippen molar-refractivity contribution in [3.8, 4) is 11.9 Å². The summed E-state index contributed by atoms with van der Waals surface area (Å²) in [6.07, 6.45) is 7.33. The first kappa shape index (κ1) is 14.8. The largest absolute Gasteiger partial charge is 0.470 e. The summed E-state index contributed by atoms with van der Waals surface area (Å²) < 4.78 is 5.76. The standard InChI is InChI=1S/C15H14N6O2/c16-9-12-14(20-7-6-17-12)23-11-3-1-8-21(10-11)15(22)13-18-4-2-5-19-13/h2,4-7,11H,1,3,8,10H2/t11-/m0/s1. The molecule has 0 bridgehead atoms. The third kappa shape index (κ3) is 3.40. The molecule has 1 saturated heterocycles. The Morgan fingerprint density at radius 2 is 2.00 bits per heavy atom. The van der Waals surface area contributed by atoms with Crippen LogP contribution in [-0.2, 0) is 0 Å². The van der Waals surface area contributed by atoms with Crippen molar-refractivity contribution in [1.82, 2.24) is 24.8 Å². The maximum atomic E-state index is 12.4. The summed E-state index contributed by atoms with van der Waals surface area (Å²) >= 11 is 0. The Labute approximate surface area is 132 Å². The number of aromatic nitrogens is 4. The van der Waals surface area contributed by atoms with Crippen LogP contribution in [0.2, 0.25) is 0 Å². The summed E-state index contributed by atoms with van der Waals surface area (Å²) in [7, 11) is 0. The molecular formula is C15H14N6O2. The van der Waals surface area contributed by atoms with E-state index in [2.05, 4.69) is 19.9 Å². The maximum absolute atomic E-state index is 12.4. The van der Waals surface area contributed by atoms with Gasteiger partial charge in [-0.1, -0.05) is 0 Å². The average molecular weight is 310 g/mol. The lowest BCUT2D eigenvalue weighted by atomic mass is 10.1. The molecular weight excluding hydrogens is 296 g/mol. The normalized spacial score (nSPS) is 17.3. The van der Waals surface area contributed by atoms with Gasteiger partial charge in [0.05, 0.1) is 6.54 Å². The van der Waals surface area contributed by atoms with Crippen molar-refractivity contribution >= 4 is 5.91 Å². The van der Waals surface area contributed by atoms with E-state index in [-0.39, 0.29) is 29.4 Å². The number of carbonyl (C=O) groups excluding carboxylic acids is 1. The van der Waals surface area contributed by atoms with Gasteiger partial charge in [-0.25, -0.2) is 19.9 Å². The van der Waals surface area contributed by atoms with Crippen LogP contribution in [-0.4, -0.2) is 49.9 Å². The number of nitriles is 1. The maximum Gasteiger partial charge on any atom is 0.291 e. The van der Waals surface area contributed by atoms with E-state index < -0.39 is 0 Å². The molecule has 1 aliphatic heterocycles. The van der Waals surface area contributed by atoms with Crippen LogP contribution in [0.3, 0.4) is 0 Å². The predicted molar refractivity (Wildman–Crippen MR) is 78.3 cm³/mol. The van der Waals surface area contributed by atoms with E-state index in [4.69, 9.17) is 10.00 Å². The summed E-state index contributed by atoms with van der Waals surface area (Å²) in [6, 6.07) is 3.61. The summed E-state index contributed by atoms with van der Waals surface area (Å²) in [5, 5.41) is 9.02. The Morgan fingerprint density at radius 3 is 2.78 bits per heavy atom. The summed E-state index contributed by atoms with van der Waals surface area (Å²) in [6.45, 7) is 1.03. The smallest absolute Gasteiger partial charge is 0.291 e. The van der Waals surface area contributed by atoms with Crippen molar-refractivity contribution in [2.24, 2.45) is 0 Å². The van der Waals surface area contributed by atoms with Gasteiger partial charge in [0.1, 0.15) is 12.2 Å². The fraction of sp³-hybridized carbons (Fsp3) is 0.333. The summed E-state index contributed by atoms with van der Waals surface area (Å²) in [4.78, 5) is 30.0. The molecule has 0 aromatic carbocycles. The van der Waals surface area contributed by atoms with E-state index >= 15 is 0 Å². The fourth-order valence-corrected chi connectivity index (χ4v) is 2.42. The molecule has 1 aliphatic rings. The zero-order valence-corrected chi connectivity index (χ0v) is 12.3. The molecule has 23 heavy (non-hydrogen) atoms. The summed E-state index contributed by atoms with van der Waals surface area (Å²) in [5.74, 6) is 0.147. The first-order valence-electron chi connectivity index (χ1n) is 7.22. The fourth-order valence-electron chi connectivity index (χ4n) is 2.42. The second-order valence-corrected chi connectivity index (χ2v) is 5.03. The predicted octanol–water partition coefficient (Wildman–Crippen LogP) is 0.822. The molecule has 3 rings (SSSR count). The Balaban J connectivity index is 1.69. The van der Waals surface area contributed by atoms with Crippen LogP contribution in [0, 0.1) is 11.3 Å². The van der Waals surface area contributed by atoms with Crippen molar-refractivity contribution in [3.05, 3.63) is 42.4 Å². The molecule has 0 radical (unpaired) electrons. The molecule has 8 nitrogen and oxygen atoms in total. The van der Waals surface area contributed by atoms with Crippen molar-refractivity contribution in [3.63, 3.8) is 0 Å². The highest BCUT2D eigenvalue weighted by Gasteiger charge is 2.27. The molecule has 2 aromatic heterocycles. The number of nitrogens with zero attached hydrogens (tertiary/aromatic N) is 6.